The topological polar surface area (TPSA) is 55.6 Å². The summed E-state index contributed by atoms with van der Waals surface area (Å²) in [6.07, 6.45) is 3.35. The highest BCUT2D eigenvalue weighted by Gasteiger charge is 2.27. The second-order valence-corrected chi connectivity index (χ2v) is 4.93. The maximum Gasteiger partial charge on any atom is 0.223 e. The Kier molecular flexibility index (Phi) is 6.82. The van der Waals surface area contributed by atoms with E-state index in [1.54, 1.807) is 7.11 Å². The molecule has 0 bridgehead atoms. The molecule has 1 atom stereocenters. The van der Waals surface area contributed by atoms with Crippen LogP contribution < -0.4 is 10.5 Å². The number of para-hydroxylation sites is 1. The van der Waals surface area contributed by atoms with Crippen molar-refractivity contribution < 1.29 is 9.53 Å². The maximum absolute atomic E-state index is 12.2. The van der Waals surface area contributed by atoms with Gasteiger partial charge in [0.1, 0.15) is 5.75 Å². The standard InChI is InChI=1S/C15H22N2O2.ClH/c1-19-14-7-3-2-5-12(14)8-9-15(18)17-10-4-6-13(17)11-16;/h2-3,5,7,13H,4,6,8-11,16H2,1H3;1H. The van der Waals surface area contributed by atoms with Crippen molar-refractivity contribution in [3.8, 4) is 5.75 Å². The molecule has 112 valence electrons. The number of halogens is 1. The van der Waals surface area contributed by atoms with Gasteiger partial charge < -0.3 is 15.4 Å². The van der Waals surface area contributed by atoms with Gasteiger partial charge in [0.2, 0.25) is 5.91 Å². The third-order valence-corrected chi connectivity index (χ3v) is 3.77. The zero-order chi connectivity index (χ0) is 13.7. The first kappa shape index (κ1) is 16.8. The minimum absolute atomic E-state index is 0. The van der Waals surface area contributed by atoms with E-state index in [9.17, 15) is 4.79 Å². The van der Waals surface area contributed by atoms with Crippen molar-refractivity contribution in [1.29, 1.82) is 0 Å². The second-order valence-electron chi connectivity index (χ2n) is 4.93. The van der Waals surface area contributed by atoms with Crippen molar-refractivity contribution in [1.82, 2.24) is 4.90 Å². The minimum Gasteiger partial charge on any atom is -0.496 e. The van der Waals surface area contributed by atoms with E-state index in [0.29, 0.717) is 13.0 Å². The first-order valence-corrected chi connectivity index (χ1v) is 6.87. The lowest BCUT2D eigenvalue weighted by molar-refractivity contribution is -0.131. The van der Waals surface area contributed by atoms with Crippen molar-refractivity contribution in [2.24, 2.45) is 5.73 Å². The van der Waals surface area contributed by atoms with Crippen molar-refractivity contribution in [2.45, 2.75) is 31.7 Å². The highest BCUT2D eigenvalue weighted by Crippen LogP contribution is 2.21. The number of nitrogens with zero attached hydrogens (tertiary/aromatic N) is 1. The van der Waals surface area contributed by atoms with Gasteiger partial charge in [-0.2, -0.15) is 0 Å². The summed E-state index contributed by atoms with van der Waals surface area (Å²) in [5.41, 5.74) is 6.79. The third kappa shape index (κ3) is 3.87. The molecular formula is C15H23ClN2O2. The molecule has 0 saturated carbocycles. The number of carbonyl (C=O) groups is 1. The summed E-state index contributed by atoms with van der Waals surface area (Å²) in [4.78, 5) is 14.2. The maximum atomic E-state index is 12.2. The van der Waals surface area contributed by atoms with Crippen LogP contribution in [0, 0.1) is 0 Å². The van der Waals surface area contributed by atoms with Crippen LogP contribution in [-0.2, 0) is 11.2 Å². The molecule has 1 aromatic carbocycles. The molecular weight excluding hydrogens is 276 g/mol. The van der Waals surface area contributed by atoms with E-state index in [2.05, 4.69) is 0 Å². The van der Waals surface area contributed by atoms with Crippen LogP contribution in [0.2, 0.25) is 0 Å². The Hall–Kier alpha value is -1.26. The van der Waals surface area contributed by atoms with Gasteiger partial charge in [-0.25, -0.2) is 0 Å². The molecule has 1 aromatic rings. The number of aryl methyl sites for hydroxylation is 1. The van der Waals surface area contributed by atoms with E-state index in [0.717, 1.165) is 37.1 Å². The Balaban J connectivity index is 0.00000200. The van der Waals surface area contributed by atoms with Crippen LogP contribution in [0.5, 0.6) is 5.75 Å². The summed E-state index contributed by atoms with van der Waals surface area (Å²) in [5.74, 6) is 1.06. The monoisotopic (exact) mass is 298 g/mol. The summed E-state index contributed by atoms with van der Waals surface area (Å²) >= 11 is 0. The highest BCUT2D eigenvalue weighted by molar-refractivity contribution is 5.85. The summed E-state index contributed by atoms with van der Waals surface area (Å²) in [7, 11) is 1.66. The Labute approximate surface area is 126 Å². The number of amides is 1. The van der Waals surface area contributed by atoms with Crippen LogP contribution in [0.25, 0.3) is 0 Å². The molecule has 2 N–H and O–H groups in total. The van der Waals surface area contributed by atoms with E-state index in [1.165, 1.54) is 0 Å². The lowest BCUT2D eigenvalue weighted by Crippen LogP contribution is -2.40. The molecule has 1 heterocycles. The fourth-order valence-corrected chi connectivity index (χ4v) is 2.70. The quantitative estimate of drug-likeness (QED) is 0.904. The molecule has 1 saturated heterocycles. The highest BCUT2D eigenvalue weighted by atomic mass is 35.5. The third-order valence-electron chi connectivity index (χ3n) is 3.77. The average Bonchev–Trinajstić information content (AvgIpc) is 2.93. The van der Waals surface area contributed by atoms with Crippen molar-refractivity contribution in [3.05, 3.63) is 29.8 Å². The SMILES string of the molecule is COc1ccccc1CCC(=O)N1CCCC1CN.Cl. The predicted molar refractivity (Wildman–Crippen MR) is 82.4 cm³/mol. The first-order chi connectivity index (χ1) is 9.26. The molecule has 2 rings (SSSR count). The Morgan fingerprint density at radius 3 is 2.90 bits per heavy atom. The largest absolute Gasteiger partial charge is 0.496 e. The van der Waals surface area contributed by atoms with Gasteiger partial charge in [0.05, 0.1) is 7.11 Å². The van der Waals surface area contributed by atoms with Crippen LogP contribution in [0.4, 0.5) is 0 Å². The molecule has 1 fully saturated rings. The fourth-order valence-electron chi connectivity index (χ4n) is 2.70. The van der Waals surface area contributed by atoms with Gasteiger partial charge in [-0.3, -0.25) is 4.79 Å². The molecule has 5 heteroatoms. The Bertz CT molecular complexity index is 440. The summed E-state index contributed by atoms with van der Waals surface area (Å²) in [6, 6.07) is 8.09. The summed E-state index contributed by atoms with van der Waals surface area (Å²) < 4.78 is 5.30. The number of ether oxygens (including phenoxy) is 1. The van der Waals surface area contributed by atoms with E-state index in [4.69, 9.17) is 10.5 Å². The molecule has 0 aliphatic carbocycles. The lowest BCUT2D eigenvalue weighted by Gasteiger charge is -2.23. The number of benzene rings is 1. The van der Waals surface area contributed by atoms with Gasteiger partial charge in [0.15, 0.2) is 0 Å². The van der Waals surface area contributed by atoms with Gasteiger partial charge in [0.25, 0.3) is 0 Å². The van der Waals surface area contributed by atoms with Gasteiger partial charge in [-0.15, -0.1) is 12.4 Å². The van der Waals surface area contributed by atoms with Gasteiger partial charge in [-0.1, -0.05) is 18.2 Å². The molecule has 1 amide bonds. The normalized spacial score (nSPS) is 17.7. The Morgan fingerprint density at radius 2 is 2.20 bits per heavy atom. The van der Waals surface area contributed by atoms with Crippen LogP contribution in [-0.4, -0.2) is 37.0 Å². The summed E-state index contributed by atoms with van der Waals surface area (Å²) in [6.45, 7) is 1.42. The molecule has 0 radical (unpaired) electrons. The summed E-state index contributed by atoms with van der Waals surface area (Å²) in [5, 5.41) is 0. The number of rotatable bonds is 5. The predicted octanol–water partition coefficient (Wildman–Crippen LogP) is 2.00. The minimum atomic E-state index is 0. The number of hydrogen-bond donors (Lipinski definition) is 1. The number of nitrogens with two attached hydrogens (primary N) is 1. The van der Waals surface area contributed by atoms with Gasteiger partial charge in [0, 0.05) is 25.6 Å². The molecule has 0 aromatic heterocycles. The molecule has 0 spiro atoms. The number of likely N-dealkylation sites (tertiary alicyclic amines) is 1. The number of hydrogen-bond acceptors (Lipinski definition) is 3. The smallest absolute Gasteiger partial charge is 0.223 e. The lowest BCUT2D eigenvalue weighted by atomic mass is 10.1. The van der Waals surface area contributed by atoms with E-state index in [1.807, 2.05) is 29.2 Å². The van der Waals surface area contributed by atoms with Crippen molar-refractivity contribution >= 4 is 18.3 Å². The molecule has 1 aliphatic rings. The fraction of sp³-hybridized carbons (Fsp3) is 0.533. The first-order valence-electron chi connectivity index (χ1n) is 6.87. The number of carbonyl (C=O) groups excluding carboxylic acids is 1. The van der Waals surface area contributed by atoms with Crippen LogP contribution >= 0.6 is 12.4 Å². The zero-order valence-electron chi connectivity index (χ0n) is 11.9. The molecule has 20 heavy (non-hydrogen) atoms. The van der Waals surface area contributed by atoms with E-state index < -0.39 is 0 Å². The molecule has 1 aliphatic heterocycles. The van der Waals surface area contributed by atoms with Crippen LogP contribution in [0.15, 0.2) is 24.3 Å². The Morgan fingerprint density at radius 1 is 1.45 bits per heavy atom. The number of methoxy groups -OCH3 is 1. The molecule has 4 nitrogen and oxygen atoms in total. The van der Waals surface area contributed by atoms with E-state index >= 15 is 0 Å². The van der Waals surface area contributed by atoms with Crippen LogP contribution in [0.1, 0.15) is 24.8 Å². The molecule has 1 unspecified atom stereocenters. The second kappa shape index (κ2) is 8.12. The van der Waals surface area contributed by atoms with Crippen molar-refractivity contribution in [3.63, 3.8) is 0 Å². The van der Waals surface area contributed by atoms with Crippen molar-refractivity contribution in [2.75, 3.05) is 20.2 Å². The van der Waals surface area contributed by atoms with Crippen LogP contribution in [0.3, 0.4) is 0 Å². The van der Waals surface area contributed by atoms with Gasteiger partial charge >= 0.3 is 0 Å². The van der Waals surface area contributed by atoms with E-state index in [-0.39, 0.29) is 24.4 Å². The zero-order valence-corrected chi connectivity index (χ0v) is 12.7. The average molecular weight is 299 g/mol. The van der Waals surface area contributed by atoms with Gasteiger partial charge in [-0.05, 0) is 30.9 Å².